The molecule has 0 saturated heterocycles. The van der Waals surface area contributed by atoms with Crippen LogP contribution in [0.5, 0.6) is 0 Å². The average molecular weight is 565 g/mol. The topological polar surface area (TPSA) is 104 Å². The fraction of sp³-hybridized carbons (Fsp3) is 0.321. The van der Waals surface area contributed by atoms with Gasteiger partial charge in [0.15, 0.2) is 24.8 Å². The van der Waals surface area contributed by atoms with Crippen LogP contribution in [0, 0.1) is 11.8 Å². The molecule has 0 atom stereocenters. The SMILES string of the molecule is O=C(OCC1CCC(CO)CC1)C(F)(F)S(=O)(=O)[O-].c1ccc([S+](c2ccccc2)c2ccccc2)cc1. The number of benzene rings is 3. The molecular weight excluding hydrogens is 534 g/mol. The lowest BCUT2D eigenvalue weighted by Gasteiger charge is -2.27. The van der Waals surface area contributed by atoms with Gasteiger partial charge < -0.3 is 14.4 Å². The minimum Gasteiger partial charge on any atom is -0.743 e. The lowest BCUT2D eigenvalue weighted by Crippen LogP contribution is -2.40. The molecule has 3 aromatic rings. The van der Waals surface area contributed by atoms with Gasteiger partial charge in [-0.25, -0.2) is 13.2 Å². The van der Waals surface area contributed by atoms with Crippen molar-refractivity contribution in [1.29, 1.82) is 0 Å². The predicted octanol–water partition coefficient (Wildman–Crippen LogP) is 5.25. The lowest BCUT2D eigenvalue weighted by atomic mass is 9.83. The van der Waals surface area contributed by atoms with Gasteiger partial charge in [0.25, 0.3) is 0 Å². The smallest absolute Gasteiger partial charge is 0.428 e. The van der Waals surface area contributed by atoms with Crippen molar-refractivity contribution < 1.29 is 36.4 Å². The second kappa shape index (κ2) is 13.8. The van der Waals surface area contributed by atoms with Gasteiger partial charge in [-0.15, -0.1) is 0 Å². The van der Waals surface area contributed by atoms with Gasteiger partial charge in [0.2, 0.25) is 0 Å². The van der Waals surface area contributed by atoms with Gasteiger partial charge in [-0.1, -0.05) is 54.6 Å². The first-order valence-electron chi connectivity index (χ1n) is 12.1. The summed E-state index contributed by atoms with van der Waals surface area (Å²) >= 11 is 0. The molecule has 0 unspecified atom stereocenters. The van der Waals surface area contributed by atoms with Gasteiger partial charge in [-0.2, -0.15) is 8.78 Å². The molecule has 1 N–H and O–H groups in total. The molecule has 0 spiro atoms. The highest BCUT2D eigenvalue weighted by molar-refractivity contribution is 7.97. The number of ether oxygens (including phenoxy) is 1. The molecule has 0 heterocycles. The van der Waals surface area contributed by atoms with Gasteiger partial charge in [0.05, 0.1) is 17.5 Å². The minimum atomic E-state index is -6.06. The van der Waals surface area contributed by atoms with Crippen LogP contribution in [-0.4, -0.2) is 42.5 Å². The largest absolute Gasteiger partial charge is 0.743 e. The molecule has 0 aliphatic heterocycles. The van der Waals surface area contributed by atoms with E-state index in [1.807, 2.05) is 0 Å². The Kier molecular flexibility index (Phi) is 10.8. The first-order chi connectivity index (χ1) is 18.1. The Hall–Kier alpha value is -2.79. The van der Waals surface area contributed by atoms with E-state index < -0.39 is 21.3 Å². The van der Waals surface area contributed by atoms with Crippen molar-refractivity contribution in [2.24, 2.45) is 11.8 Å². The molecule has 4 rings (SSSR count). The van der Waals surface area contributed by atoms with Crippen LogP contribution in [0.2, 0.25) is 0 Å². The monoisotopic (exact) mass is 564 g/mol. The van der Waals surface area contributed by atoms with Crippen molar-refractivity contribution in [3.05, 3.63) is 91.0 Å². The molecule has 204 valence electrons. The maximum atomic E-state index is 12.8. The zero-order valence-electron chi connectivity index (χ0n) is 20.6. The molecule has 0 amide bonds. The van der Waals surface area contributed by atoms with Crippen LogP contribution in [0.4, 0.5) is 8.78 Å². The summed E-state index contributed by atoms with van der Waals surface area (Å²) in [7, 11) is -6.07. The third-order valence-corrected chi connectivity index (χ3v) is 9.19. The predicted molar refractivity (Wildman–Crippen MR) is 140 cm³/mol. The number of rotatable bonds is 8. The van der Waals surface area contributed by atoms with Crippen LogP contribution in [0.25, 0.3) is 0 Å². The fourth-order valence-corrected chi connectivity index (χ4v) is 6.41. The van der Waals surface area contributed by atoms with Gasteiger partial charge in [-0.05, 0) is 73.9 Å². The van der Waals surface area contributed by atoms with Gasteiger partial charge in [0.1, 0.15) is 0 Å². The molecular formula is C28H30F2O6S2. The second-order valence-electron chi connectivity index (χ2n) is 8.88. The number of hydrogen-bond acceptors (Lipinski definition) is 6. The maximum Gasteiger partial charge on any atom is 0.428 e. The van der Waals surface area contributed by atoms with E-state index in [-0.39, 0.29) is 35.9 Å². The summed E-state index contributed by atoms with van der Waals surface area (Å²) in [5.41, 5.74) is 0. The number of aliphatic hydroxyl groups is 1. The summed E-state index contributed by atoms with van der Waals surface area (Å²) < 4.78 is 60.4. The minimum absolute atomic E-state index is 0.0146. The van der Waals surface area contributed by atoms with E-state index in [0.29, 0.717) is 25.7 Å². The molecule has 0 bridgehead atoms. The molecule has 1 fully saturated rings. The van der Waals surface area contributed by atoms with Crippen molar-refractivity contribution in [2.45, 2.75) is 45.6 Å². The first kappa shape index (κ1) is 29.8. The van der Waals surface area contributed by atoms with Crippen molar-refractivity contribution >= 4 is 27.0 Å². The zero-order chi connectivity index (χ0) is 27.6. The first-order valence-corrected chi connectivity index (χ1v) is 14.8. The second-order valence-corrected chi connectivity index (χ2v) is 12.3. The average Bonchev–Trinajstić information content (AvgIpc) is 2.93. The van der Waals surface area contributed by atoms with Crippen molar-refractivity contribution in [3.63, 3.8) is 0 Å². The van der Waals surface area contributed by atoms with Crippen LogP contribution < -0.4 is 0 Å². The van der Waals surface area contributed by atoms with Crippen molar-refractivity contribution in [1.82, 2.24) is 0 Å². The summed E-state index contributed by atoms with van der Waals surface area (Å²) in [6.07, 6.45) is 2.56. The molecule has 1 saturated carbocycles. The van der Waals surface area contributed by atoms with E-state index >= 15 is 0 Å². The number of alkyl halides is 2. The maximum absolute atomic E-state index is 12.8. The summed E-state index contributed by atoms with van der Waals surface area (Å²) in [6.45, 7) is -0.291. The van der Waals surface area contributed by atoms with E-state index in [0.717, 1.165) is 0 Å². The van der Waals surface area contributed by atoms with Crippen LogP contribution in [0.15, 0.2) is 106 Å². The standard InChI is InChI=1S/C18H15S.C10H16F2O6S/c1-4-10-16(11-5-1)19(17-12-6-2-7-13-17)18-14-8-3-9-15-18;11-10(12,19(15,16)17)9(14)18-6-8-3-1-7(5-13)2-4-8/h1-15H;7-8,13H,1-6H2,(H,15,16,17)/q+1;/p-1. The molecule has 38 heavy (non-hydrogen) atoms. The van der Waals surface area contributed by atoms with E-state index in [2.05, 4.69) is 95.7 Å². The van der Waals surface area contributed by atoms with E-state index in [1.54, 1.807) is 0 Å². The Bertz CT molecular complexity index is 1140. The molecule has 1 aliphatic rings. The Morgan fingerprint density at radius 1 is 0.816 bits per heavy atom. The summed E-state index contributed by atoms with van der Waals surface area (Å²) in [4.78, 5) is 15.0. The summed E-state index contributed by atoms with van der Waals surface area (Å²) in [6, 6.07) is 32.2. The number of esters is 1. The summed E-state index contributed by atoms with van der Waals surface area (Å²) in [5.74, 6) is -2.32. The molecule has 0 aromatic heterocycles. The number of hydrogen-bond donors (Lipinski definition) is 1. The number of carbonyl (C=O) groups excluding carboxylic acids is 1. The van der Waals surface area contributed by atoms with E-state index in [9.17, 15) is 26.5 Å². The lowest BCUT2D eigenvalue weighted by molar-refractivity contribution is -0.163. The highest BCUT2D eigenvalue weighted by atomic mass is 32.2. The number of carbonyl (C=O) groups is 1. The quantitative estimate of drug-likeness (QED) is 0.228. The normalized spacial score (nSPS) is 17.8. The van der Waals surface area contributed by atoms with Crippen molar-refractivity contribution in [2.75, 3.05) is 13.2 Å². The number of aliphatic hydroxyl groups excluding tert-OH is 1. The van der Waals surface area contributed by atoms with Crippen LogP contribution in [-0.2, 0) is 30.5 Å². The number of halogens is 2. The van der Waals surface area contributed by atoms with Crippen LogP contribution in [0.1, 0.15) is 25.7 Å². The van der Waals surface area contributed by atoms with Gasteiger partial charge in [-0.3, -0.25) is 0 Å². The van der Waals surface area contributed by atoms with Crippen molar-refractivity contribution in [3.8, 4) is 0 Å². The van der Waals surface area contributed by atoms with Crippen LogP contribution >= 0.6 is 0 Å². The molecule has 6 nitrogen and oxygen atoms in total. The zero-order valence-corrected chi connectivity index (χ0v) is 22.3. The third-order valence-electron chi connectivity index (χ3n) is 6.16. The van der Waals surface area contributed by atoms with Gasteiger partial charge >= 0.3 is 11.2 Å². The fourth-order valence-electron chi connectivity index (χ4n) is 4.04. The Balaban J connectivity index is 0.000000211. The molecule has 1 aliphatic carbocycles. The third kappa shape index (κ3) is 8.10. The highest BCUT2D eigenvalue weighted by Gasteiger charge is 2.48. The van der Waals surface area contributed by atoms with Crippen LogP contribution in [0.3, 0.4) is 0 Å². The molecule has 0 radical (unpaired) electrons. The van der Waals surface area contributed by atoms with E-state index in [4.69, 9.17) is 5.11 Å². The highest BCUT2D eigenvalue weighted by Crippen LogP contribution is 2.31. The van der Waals surface area contributed by atoms with E-state index in [1.165, 1.54) is 14.7 Å². The Morgan fingerprint density at radius 2 is 1.18 bits per heavy atom. The molecule has 3 aromatic carbocycles. The molecule has 10 heteroatoms. The van der Waals surface area contributed by atoms with Gasteiger partial charge in [0, 0.05) is 6.61 Å². The Labute approximate surface area is 224 Å². The Morgan fingerprint density at radius 3 is 1.53 bits per heavy atom. The summed E-state index contributed by atoms with van der Waals surface area (Å²) in [5, 5.41) is 3.86.